The molecule has 0 aliphatic rings. The third-order valence-electron chi connectivity index (χ3n) is 4.60. The van der Waals surface area contributed by atoms with Gasteiger partial charge < -0.3 is 10.1 Å². The summed E-state index contributed by atoms with van der Waals surface area (Å²) in [5.41, 5.74) is 0.931. The first-order chi connectivity index (χ1) is 14.6. The van der Waals surface area contributed by atoms with Crippen molar-refractivity contribution in [2.75, 3.05) is 11.9 Å². The zero-order chi connectivity index (χ0) is 21.3. The van der Waals surface area contributed by atoms with Gasteiger partial charge in [0.15, 0.2) is 6.61 Å². The monoisotopic (exact) mass is 424 g/mol. The Balaban J connectivity index is 1.61. The number of carbonyl (C=O) groups is 2. The Morgan fingerprint density at radius 2 is 1.70 bits per heavy atom. The van der Waals surface area contributed by atoms with Gasteiger partial charge in [0.2, 0.25) is 11.0 Å². The Morgan fingerprint density at radius 1 is 1.03 bits per heavy atom. The van der Waals surface area contributed by atoms with Crippen molar-refractivity contribution >= 4 is 28.3 Å². The molecule has 2 aromatic carbocycles. The van der Waals surface area contributed by atoms with Gasteiger partial charge in [-0.1, -0.05) is 80.1 Å². The van der Waals surface area contributed by atoms with Crippen LogP contribution in [0.2, 0.25) is 0 Å². The molecule has 0 saturated heterocycles. The lowest BCUT2D eigenvalue weighted by atomic mass is 9.98. The summed E-state index contributed by atoms with van der Waals surface area (Å²) in [6, 6.07) is 18.0. The molecule has 3 aromatic rings. The fraction of sp³-hybridized carbons (Fsp3) is 0.273. The summed E-state index contributed by atoms with van der Waals surface area (Å²) in [5.74, 6) is -0.151. The lowest BCUT2D eigenvalue weighted by Crippen LogP contribution is -2.49. The molecule has 7 nitrogen and oxygen atoms in total. The summed E-state index contributed by atoms with van der Waals surface area (Å²) in [7, 11) is 0. The van der Waals surface area contributed by atoms with Gasteiger partial charge in [-0.3, -0.25) is 14.9 Å². The SMILES string of the molecule is CCC(C)C(NC(=O)COc1ccccc1)C(=O)Nc1nnc(-c2ccccc2)s1. The minimum Gasteiger partial charge on any atom is -0.484 e. The van der Waals surface area contributed by atoms with Gasteiger partial charge in [0.05, 0.1) is 0 Å². The van der Waals surface area contributed by atoms with Gasteiger partial charge in [0.25, 0.3) is 5.91 Å². The van der Waals surface area contributed by atoms with E-state index >= 15 is 0 Å². The lowest BCUT2D eigenvalue weighted by molar-refractivity contribution is -0.128. The number of rotatable bonds is 9. The van der Waals surface area contributed by atoms with Gasteiger partial charge >= 0.3 is 0 Å². The van der Waals surface area contributed by atoms with Gasteiger partial charge in [0.1, 0.15) is 16.8 Å². The van der Waals surface area contributed by atoms with E-state index in [1.165, 1.54) is 11.3 Å². The maximum atomic E-state index is 12.8. The van der Waals surface area contributed by atoms with Crippen molar-refractivity contribution in [3.8, 4) is 16.3 Å². The number of para-hydroxylation sites is 1. The molecule has 3 rings (SSSR count). The first-order valence-electron chi connectivity index (χ1n) is 9.73. The van der Waals surface area contributed by atoms with Crippen molar-refractivity contribution in [2.24, 2.45) is 5.92 Å². The molecule has 1 aromatic heterocycles. The second-order valence-electron chi connectivity index (χ2n) is 6.80. The number of carbonyl (C=O) groups excluding carboxylic acids is 2. The highest BCUT2D eigenvalue weighted by Crippen LogP contribution is 2.26. The fourth-order valence-electron chi connectivity index (χ4n) is 2.74. The standard InChI is InChI=1S/C22H24N4O3S/c1-3-15(2)19(23-18(27)14-29-17-12-8-5-9-13-17)20(28)24-22-26-25-21(30-22)16-10-6-4-7-11-16/h4-13,15,19H,3,14H2,1-2H3,(H,23,27)(H,24,26,28). The van der Waals surface area contributed by atoms with E-state index in [0.717, 1.165) is 12.0 Å². The van der Waals surface area contributed by atoms with Crippen LogP contribution >= 0.6 is 11.3 Å². The smallest absolute Gasteiger partial charge is 0.258 e. The third kappa shape index (κ3) is 5.87. The summed E-state index contributed by atoms with van der Waals surface area (Å²) in [4.78, 5) is 25.2. The summed E-state index contributed by atoms with van der Waals surface area (Å²) in [6.45, 7) is 3.72. The topological polar surface area (TPSA) is 93.2 Å². The Kier molecular flexibility index (Phi) is 7.51. The maximum absolute atomic E-state index is 12.8. The van der Waals surface area contributed by atoms with E-state index in [1.54, 1.807) is 12.1 Å². The molecule has 0 spiro atoms. The van der Waals surface area contributed by atoms with E-state index in [9.17, 15) is 9.59 Å². The highest BCUT2D eigenvalue weighted by molar-refractivity contribution is 7.18. The van der Waals surface area contributed by atoms with E-state index in [4.69, 9.17) is 4.74 Å². The normalized spacial score (nSPS) is 12.6. The van der Waals surface area contributed by atoms with Crippen LogP contribution in [0.5, 0.6) is 5.75 Å². The van der Waals surface area contributed by atoms with Crippen LogP contribution in [-0.2, 0) is 9.59 Å². The Morgan fingerprint density at radius 3 is 2.37 bits per heavy atom. The number of hydrogen-bond donors (Lipinski definition) is 2. The van der Waals surface area contributed by atoms with Crippen molar-refractivity contribution in [2.45, 2.75) is 26.3 Å². The van der Waals surface area contributed by atoms with E-state index in [2.05, 4.69) is 20.8 Å². The molecule has 0 radical (unpaired) electrons. The number of nitrogens with zero attached hydrogens (tertiary/aromatic N) is 2. The van der Waals surface area contributed by atoms with Gasteiger partial charge in [-0.15, -0.1) is 10.2 Å². The Bertz CT molecular complexity index is 963. The van der Waals surface area contributed by atoms with E-state index in [1.807, 2.05) is 62.4 Å². The summed E-state index contributed by atoms with van der Waals surface area (Å²) < 4.78 is 5.47. The van der Waals surface area contributed by atoms with E-state index in [-0.39, 0.29) is 24.3 Å². The molecule has 2 atom stereocenters. The quantitative estimate of drug-likeness (QED) is 0.546. The second-order valence-corrected chi connectivity index (χ2v) is 7.78. The van der Waals surface area contributed by atoms with Crippen molar-refractivity contribution in [1.82, 2.24) is 15.5 Å². The molecular formula is C22H24N4O3S. The van der Waals surface area contributed by atoms with Crippen LogP contribution in [0.25, 0.3) is 10.6 Å². The predicted molar refractivity (Wildman–Crippen MR) is 117 cm³/mol. The van der Waals surface area contributed by atoms with Crippen LogP contribution in [0.1, 0.15) is 20.3 Å². The van der Waals surface area contributed by atoms with Gasteiger partial charge in [-0.25, -0.2) is 0 Å². The second kappa shape index (κ2) is 10.5. The molecule has 2 N–H and O–H groups in total. The highest BCUT2D eigenvalue weighted by Gasteiger charge is 2.27. The number of hydrogen-bond acceptors (Lipinski definition) is 6. The minimum absolute atomic E-state index is 0.0628. The molecule has 1 heterocycles. The van der Waals surface area contributed by atoms with Crippen LogP contribution in [0, 0.1) is 5.92 Å². The Hall–Kier alpha value is -3.26. The molecular weight excluding hydrogens is 400 g/mol. The van der Waals surface area contributed by atoms with Crippen LogP contribution < -0.4 is 15.4 Å². The van der Waals surface area contributed by atoms with Crippen molar-refractivity contribution in [3.63, 3.8) is 0 Å². The molecule has 30 heavy (non-hydrogen) atoms. The summed E-state index contributed by atoms with van der Waals surface area (Å²) in [5, 5.41) is 14.8. The third-order valence-corrected chi connectivity index (χ3v) is 5.49. The predicted octanol–water partition coefficient (Wildman–Crippen LogP) is 3.75. The molecule has 0 aliphatic carbocycles. The van der Waals surface area contributed by atoms with Crippen LogP contribution in [-0.4, -0.2) is 34.7 Å². The summed E-state index contributed by atoms with van der Waals surface area (Å²) in [6.07, 6.45) is 0.725. The lowest BCUT2D eigenvalue weighted by Gasteiger charge is -2.23. The Labute approximate surface area is 179 Å². The number of anilines is 1. The first-order valence-corrected chi connectivity index (χ1v) is 10.6. The molecule has 2 amide bonds. The van der Waals surface area contributed by atoms with Crippen molar-refractivity contribution in [1.29, 1.82) is 0 Å². The fourth-order valence-corrected chi connectivity index (χ4v) is 3.49. The largest absolute Gasteiger partial charge is 0.484 e. The van der Waals surface area contributed by atoms with Crippen molar-refractivity contribution < 1.29 is 14.3 Å². The number of aromatic nitrogens is 2. The average Bonchev–Trinajstić information content (AvgIpc) is 3.25. The van der Waals surface area contributed by atoms with Gasteiger partial charge in [0, 0.05) is 5.56 Å². The first kappa shape index (κ1) is 21.4. The molecule has 8 heteroatoms. The van der Waals surface area contributed by atoms with E-state index < -0.39 is 6.04 Å². The molecule has 2 unspecified atom stereocenters. The van der Waals surface area contributed by atoms with Crippen LogP contribution in [0.4, 0.5) is 5.13 Å². The van der Waals surface area contributed by atoms with Crippen molar-refractivity contribution in [3.05, 3.63) is 60.7 Å². The number of benzene rings is 2. The van der Waals surface area contributed by atoms with Gasteiger partial charge in [-0.2, -0.15) is 0 Å². The summed E-state index contributed by atoms with van der Waals surface area (Å²) >= 11 is 1.29. The zero-order valence-corrected chi connectivity index (χ0v) is 17.7. The van der Waals surface area contributed by atoms with Crippen LogP contribution in [0.15, 0.2) is 60.7 Å². The van der Waals surface area contributed by atoms with Gasteiger partial charge in [-0.05, 0) is 18.1 Å². The molecule has 0 bridgehead atoms. The number of ether oxygens (including phenoxy) is 1. The molecule has 0 aliphatic heterocycles. The van der Waals surface area contributed by atoms with E-state index in [0.29, 0.717) is 15.9 Å². The number of nitrogens with one attached hydrogen (secondary N) is 2. The maximum Gasteiger partial charge on any atom is 0.258 e. The molecule has 0 fully saturated rings. The highest BCUT2D eigenvalue weighted by atomic mass is 32.1. The average molecular weight is 425 g/mol. The number of amides is 2. The zero-order valence-electron chi connectivity index (χ0n) is 16.9. The minimum atomic E-state index is -0.703. The molecule has 0 saturated carbocycles. The van der Waals surface area contributed by atoms with Crippen LogP contribution in [0.3, 0.4) is 0 Å². The molecule has 156 valence electrons.